The maximum absolute atomic E-state index is 12.0. The highest BCUT2D eigenvalue weighted by molar-refractivity contribution is 7.98. The molecule has 0 heterocycles. The maximum atomic E-state index is 12.0. The van der Waals surface area contributed by atoms with Crippen molar-refractivity contribution in [1.82, 2.24) is 5.32 Å². The molecule has 126 valence electrons. The van der Waals surface area contributed by atoms with Crippen LogP contribution in [0.3, 0.4) is 0 Å². The van der Waals surface area contributed by atoms with Crippen LogP contribution in [0.4, 0.5) is 0 Å². The fraction of sp³-hybridized carbons (Fsp3) is 0.263. The molecule has 0 aliphatic carbocycles. The average molecular weight is 343 g/mol. The Morgan fingerprint density at radius 2 is 1.54 bits per heavy atom. The van der Waals surface area contributed by atoms with Gasteiger partial charge in [-0.25, -0.2) is 4.79 Å². The lowest BCUT2D eigenvalue weighted by molar-refractivity contribution is -0.141. The second-order valence-electron chi connectivity index (χ2n) is 5.45. The van der Waals surface area contributed by atoms with Gasteiger partial charge >= 0.3 is 5.97 Å². The number of carbonyl (C=O) groups excluding carboxylic acids is 1. The molecule has 0 saturated carbocycles. The standard InChI is InChI=1S/C19H21NO3S/c21-18(13-15-7-3-1-4-8-15)20-17(19(22)23)11-12-24-14-16-9-5-2-6-10-16/h1-10,17H,11-14H2,(H,20,21)(H,22,23)/t17-/m0/s1. The number of carboxylic acid groups (broad SMARTS) is 1. The Kier molecular flexibility index (Phi) is 7.36. The fourth-order valence-corrected chi connectivity index (χ4v) is 3.22. The Morgan fingerprint density at radius 3 is 2.12 bits per heavy atom. The minimum atomic E-state index is -0.989. The van der Waals surface area contributed by atoms with Crippen molar-refractivity contribution in [2.24, 2.45) is 0 Å². The van der Waals surface area contributed by atoms with Gasteiger partial charge in [-0.15, -0.1) is 0 Å². The number of carbonyl (C=O) groups is 2. The van der Waals surface area contributed by atoms with Crippen molar-refractivity contribution in [2.75, 3.05) is 5.75 Å². The topological polar surface area (TPSA) is 66.4 Å². The largest absolute Gasteiger partial charge is 0.480 e. The molecule has 0 saturated heterocycles. The molecule has 1 atom stereocenters. The van der Waals surface area contributed by atoms with Gasteiger partial charge in [-0.3, -0.25) is 4.79 Å². The first-order valence-corrected chi connectivity index (χ1v) is 8.98. The molecule has 0 radical (unpaired) electrons. The summed E-state index contributed by atoms with van der Waals surface area (Å²) in [6.07, 6.45) is 0.606. The van der Waals surface area contributed by atoms with Crippen LogP contribution in [0.15, 0.2) is 60.7 Å². The molecule has 0 unspecified atom stereocenters. The Hall–Kier alpha value is -2.27. The number of hydrogen-bond acceptors (Lipinski definition) is 3. The first-order valence-electron chi connectivity index (χ1n) is 7.83. The van der Waals surface area contributed by atoms with Gasteiger partial charge in [-0.2, -0.15) is 11.8 Å². The summed E-state index contributed by atoms with van der Waals surface area (Å²) in [6, 6.07) is 18.5. The van der Waals surface area contributed by atoms with E-state index in [2.05, 4.69) is 5.32 Å². The predicted molar refractivity (Wildman–Crippen MR) is 96.9 cm³/mol. The molecular weight excluding hydrogens is 322 g/mol. The van der Waals surface area contributed by atoms with Gasteiger partial charge in [0.2, 0.25) is 5.91 Å². The third kappa shape index (κ3) is 6.46. The van der Waals surface area contributed by atoms with Crippen LogP contribution in [-0.4, -0.2) is 28.8 Å². The van der Waals surface area contributed by atoms with E-state index in [4.69, 9.17) is 0 Å². The van der Waals surface area contributed by atoms with E-state index in [1.807, 2.05) is 60.7 Å². The summed E-state index contributed by atoms with van der Waals surface area (Å²) in [5.74, 6) is 0.265. The highest BCUT2D eigenvalue weighted by Gasteiger charge is 2.19. The number of amides is 1. The van der Waals surface area contributed by atoms with Crippen LogP contribution in [0.1, 0.15) is 17.5 Å². The Bertz CT molecular complexity index is 646. The van der Waals surface area contributed by atoms with Crippen LogP contribution < -0.4 is 5.32 Å². The van der Waals surface area contributed by atoms with Gasteiger partial charge in [0.1, 0.15) is 6.04 Å². The summed E-state index contributed by atoms with van der Waals surface area (Å²) in [5.41, 5.74) is 2.08. The highest BCUT2D eigenvalue weighted by atomic mass is 32.2. The number of aliphatic carboxylic acids is 1. The zero-order chi connectivity index (χ0) is 17.2. The molecule has 0 fully saturated rings. The lowest BCUT2D eigenvalue weighted by Gasteiger charge is -2.14. The molecule has 0 spiro atoms. The van der Waals surface area contributed by atoms with Crippen molar-refractivity contribution in [2.45, 2.75) is 24.6 Å². The monoisotopic (exact) mass is 343 g/mol. The SMILES string of the molecule is O=C(Cc1ccccc1)N[C@@H](CCSCc1ccccc1)C(=O)O. The van der Waals surface area contributed by atoms with Gasteiger partial charge in [0.15, 0.2) is 0 Å². The molecule has 0 aliphatic rings. The van der Waals surface area contributed by atoms with Gasteiger partial charge in [0.25, 0.3) is 0 Å². The van der Waals surface area contributed by atoms with E-state index in [1.165, 1.54) is 5.56 Å². The molecule has 4 nitrogen and oxygen atoms in total. The van der Waals surface area contributed by atoms with Crippen molar-refractivity contribution < 1.29 is 14.7 Å². The van der Waals surface area contributed by atoms with E-state index >= 15 is 0 Å². The van der Waals surface area contributed by atoms with E-state index in [0.29, 0.717) is 12.2 Å². The lowest BCUT2D eigenvalue weighted by Crippen LogP contribution is -2.41. The number of hydrogen-bond donors (Lipinski definition) is 2. The molecular formula is C19H21NO3S. The van der Waals surface area contributed by atoms with Crippen LogP contribution in [-0.2, 0) is 21.8 Å². The van der Waals surface area contributed by atoms with Gasteiger partial charge in [0.05, 0.1) is 6.42 Å². The molecule has 0 bridgehead atoms. The van der Waals surface area contributed by atoms with Crippen molar-refractivity contribution in [3.05, 3.63) is 71.8 Å². The van der Waals surface area contributed by atoms with E-state index < -0.39 is 12.0 Å². The summed E-state index contributed by atoms with van der Waals surface area (Å²) in [6.45, 7) is 0. The molecule has 2 rings (SSSR count). The van der Waals surface area contributed by atoms with Gasteiger partial charge in [-0.05, 0) is 23.3 Å². The molecule has 0 aromatic heterocycles. The third-order valence-electron chi connectivity index (χ3n) is 3.50. The zero-order valence-electron chi connectivity index (χ0n) is 13.4. The van der Waals surface area contributed by atoms with E-state index in [-0.39, 0.29) is 12.3 Å². The quantitative estimate of drug-likeness (QED) is 0.687. The predicted octanol–water partition coefficient (Wildman–Crippen LogP) is 3.12. The molecule has 2 aromatic rings. The molecule has 0 aliphatic heterocycles. The molecule has 2 aromatic carbocycles. The number of benzene rings is 2. The number of nitrogens with one attached hydrogen (secondary N) is 1. The van der Waals surface area contributed by atoms with Crippen molar-refractivity contribution in [3.63, 3.8) is 0 Å². The lowest BCUT2D eigenvalue weighted by atomic mass is 10.1. The second-order valence-corrected chi connectivity index (χ2v) is 6.55. The Labute approximate surface area is 146 Å². The molecule has 2 N–H and O–H groups in total. The van der Waals surface area contributed by atoms with Gasteiger partial charge < -0.3 is 10.4 Å². The highest BCUT2D eigenvalue weighted by Crippen LogP contribution is 2.13. The summed E-state index contributed by atoms with van der Waals surface area (Å²) in [5, 5.41) is 11.9. The zero-order valence-corrected chi connectivity index (χ0v) is 14.2. The number of thioether (sulfide) groups is 1. The van der Waals surface area contributed by atoms with Crippen LogP contribution in [0, 0.1) is 0 Å². The third-order valence-corrected chi connectivity index (χ3v) is 4.57. The van der Waals surface area contributed by atoms with E-state index in [0.717, 1.165) is 11.3 Å². The fourth-order valence-electron chi connectivity index (χ4n) is 2.25. The average Bonchev–Trinajstić information content (AvgIpc) is 2.59. The summed E-state index contributed by atoms with van der Waals surface area (Å²) < 4.78 is 0. The van der Waals surface area contributed by atoms with E-state index in [9.17, 15) is 14.7 Å². The van der Waals surface area contributed by atoms with Crippen LogP contribution in [0.25, 0.3) is 0 Å². The van der Waals surface area contributed by atoms with Crippen molar-refractivity contribution in [3.8, 4) is 0 Å². The number of rotatable bonds is 9. The Morgan fingerprint density at radius 1 is 0.958 bits per heavy atom. The number of carboxylic acids is 1. The van der Waals surface area contributed by atoms with E-state index in [1.54, 1.807) is 11.8 Å². The molecule has 5 heteroatoms. The Balaban J connectivity index is 1.75. The first-order chi connectivity index (χ1) is 11.6. The second kappa shape index (κ2) is 9.78. The van der Waals surface area contributed by atoms with Crippen molar-refractivity contribution >= 4 is 23.6 Å². The minimum absolute atomic E-state index is 0.196. The van der Waals surface area contributed by atoms with Crippen LogP contribution in [0.5, 0.6) is 0 Å². The van der Waals surface area contributed by atoms with Crippen molar-refractivity contribution in [1.29, 1.82) is 0 Å². The molecule has 24 heavy (non-hydrogen) atoms. The first kappa shape index (κ1) is 18.1. The summed E-state index contributed by atoms with van der Waals surface area (Å²) >= 11 is 1.67. The maximum Gasteiger partial charge on any atom is 0.326 e. The van der Waals surface area contributed by atoms with Gasteiger partial charge in [-0.1, -0.05) is 60.7 Å². The van der Waals surface area contributed by atoms with Crippen LogP contribution in [0.2, 0.25) is 0 Å². The summed E-state index contributed by atoms with van der Waals surface area (Å²) in [4.78, 5) is 23.3. The van der Waals surface area contributed by atoms with Crippen LogP contribution >= 0.6 is 11.8 Å². The smallest absolute Gasteiger partial charge is 0.326 e. The van der Waals surface area contributed by atoms with Gasteiger partial charge in [0, 0.05) is 5.75 Å². The minimum Gasteiger partial charge on any atom is -0.480 e. The summed E-state index contributed by atoms with van der Waals surface area (Å²) in [7, 11) is 0. The molecule has 1 amide bonds. The normalized spacial score (nSPS) is 11.7.